The number of methoxy groups -OCH3 is 1. The largest absolute Gasteiger partial charge is 0.384 e. The number of aryl methyl sites for hydroxylation is 1. The maximum absolute atomic E-state index is 5.67. The highest BCUT2D eigenvalue weighted by Gasteiger charge is 2.20. The van der Waals surface area contributed by atoms with Crippen LogP contribution in [0.1, 0.15) is 5.56 Å². The molecule has 2 heterocycles. The second-order valence-electron chi connectivity index (χ2n) is 4.45. The van der Waals surface area contributed by atoms with E-state index < -0.39 is 0 Å². The van der Waals surface area contributed by atoms with E-state index in [1.807, 2.05) is 12.3 Å². The minimum absolute atomic E-state index is 0. The molecule has 1 aromatic rings. The molecule has 0 aliphatic carbocycles. The van der Waals surface area contributed by atoms with Crippen LogP contribution in [0.15, 0.2) is 12.3 Å². The molecule has 0 bridgehead atoms. The summed E-state index contributed by atoms with van der Waals surface area (Å²) in [7, 11) is 1.73. The Morgan fingerprint density at radius 2 is 2.26 bits per heavy atom. The Hall–Kier alpha value is -0.750. The molecule has 1 unspecified atom stereocenters. The van der Waals surface area contributed by atoms with E-state index in [9.17, 15) is 0 Å². The molecule has 19 heavy (non-hydrogen) atoms. The summed E-state index contributed by atoms with van der Waals surface area (Å²) < 4.78 is 5.19. The first-order valence-corrected chi connectivity index (χ1v) is 5.90. The van der Waals surface area contributed by atoms with Gasteiger partial charge in [0, 0.05) is 32.8 Å². The maximum atomic E-state index is 5.67. The summed E-state index contributed by atoms with van der Waals surface area (Å²) in [6.45, 7) is 5.71. The van der Waals surface area contributed by atoms with Crippen molar-refractivity contribution in [1.29, 1.82) is 0 Å². The van der Waals surface area contributed by atoms with E-state index in [-0.39, 0.29) is 24.8 Å². The lowest BCUT2D eigenvalue weighted by Crippen LogP contribution is -2.52. The summed E-state index contributed by atoms with van der Waals surface area (Å²) in [6, 6.07) is 2.30. The Labute approximate surface area is 126 Å². The summed E-state index contributed by atoms with van der Waals surface area (Å²) in [5, 5.41) is 3.44. The normalized spacial score (nSPS) is 18.4. The minimum atomic E-state index is 0. The highest BCUT2D eigenvalue weighted by atomic mass is 35.5. The molecule has 2 rings (SSSR count). The number of ether oxygens (including phenoxy) is 1. The number of piperazine rings is 1. The molecule has 1 aromatic heterocycles. The van der Waals surface area contributed by atoms with Crippen LogP contribution < -0.4 is 16.0 Å². The van der Waals surface area contributed by atoms with Crippen LogP contribution in [0.3, 0.4) is 0 Å². The van der Waals surface area contributed by atoms with Gasteiger partial charge in [0.1, 0.15) is 5.82 Å². The number of aromatic nitrogens is 1. The third kappa shape index (κ3) is 4.69. The molecule has 7 heteroatoms. The fourth-order valence-corrected chi connectivity index (χ4v) is 2.26. The fourth-order valence-electron chi connectivity index (χ4n) is 2.26. The van der Waals surface area contributed by atoms with Crippen molar-refractivity contribution in [2.24, 2.45) is 0 Å². The Bertz CT molecular complexity index is 390. The highest BCUT2D eigenvalue weighted by molar-refractivity contribution is 5.85. The average Bonchev–Trinajstić information content (AvgIpc) is 2.29. The van der Waals surface area contributed by atoms with Crippen LogP contribution in [-0.4, -0.2) is 44.4 Å². The van der Waals surface area contributed by atoms with Crippen molar-refractivity contribution in [1.82, 2.24) is 10.3 Å². The van der Waals surface area contributed by atoms with Gasteiger partial charge in [-0.15, -0.1) is 24.8 Å². The van der Waals surface area contributed by atoms with Gasteiger partial charge in [0.15, 0.2) is 0 Å². The number of anilines is 2. The van der Waals surface area contributed by atoms with Crippen LogP contribution in [0.5, 0.6) is 0 Å². The fraction of sp³-hybridized carbons (Fsp3) is 0.583. The molecule has 0 spiro atoms. The van der Waals surface area contributed by atoms with Crippen LogP contribution in [0, 0.1) is 6.92 Å². The van der Waals surface area contributed by atoms with Crippen molar-refractivity contribution in [3.63, 3.8) is 0 Å². The van der Waals surface area contributed by atoms with Gasteiger partial charge in [-0.2, -0.15) is 0 Å². The molecule has 1 atom stereocenters. The molecule has 110 valence electrons. The van der Waals surface area contributed by atoms with Crippen molar-refractivity contribution in [3.8, 4) is 0 Å². The van der Waals surface area contributed by atoms with E-state index in [4.69, 9.17) is 10.5 Å². The lowest BCUT2D eigenvalue weighted by atomic mass is 10.1. The van der Waals surface area contributed by atoms with Crippen LogP contribution in [-0.2, 0) is 4.74 Å². The van der Waals surface area contributed by atoms with Gasteiger partial charge in [0.2, 0.25) is 0 Å². The van der Waals surface area contributed by atoms with Crippen molar-refractivity contribution in [2.75, 3.05) is 44.0 Å². The zero-order valence-electron chi connectivity index (χ0n) is 11.3. The molecule has 0 aromatic carbocycles. The molecular formula is C12H22Cl2N4O. The first kappa shape index (κ1) is 18.2. The lowest BCUT2D eigenvalue weighted by Gasteiger charge is -2.35. The third-order valence-electron chi connectivity index (χ3n) is 3.07. The van der Waals surface area contributed by atoms with Gasteiger partial charge in [-0.1, -0.05) is 0 Å². The van der Waals surface area contributed by atoms with Gasteiger partial charge in [0.05, 0.1) is 18.5 Å². The van der Waals surface area contributed by atoms with Crippen LogP contribution in [0.25, 0.3) is 0 Å². The Morgan fingerprint density at radius 3 is 2.89 bits per heavy atom. The van der Waals surface area contributed by atoms with Crippen molar-refractivity contribution < 1.29 is 4.74 Å². The lowest BCUT2D eigenvalue weighted by molar-refractivity contribution is 0.163. The van der Waals surface area contributed by atoms with E-state index in [0.29, 0.717) is 11.9 Å². The zero-order chi connectivity index (χ0) is 12.3. The molecule has 0 radical (unpaired) electrons. The number of nitrogens with two attached hydrogens (primary N) is 1. The number of hydrogen-bond donors (Lipinski definition) is 2. The topological polar surface area (TPSA) is 63.4 Å². The molecular weight excluding hydrogens is 287 g/mol. The Balaban J connectivity index is 0.00000162. The molecule has 0 amide bonds. The summed E-state index contributed by atoms with van der Waals surface area (Å²) in [5.41, 5.74) is 8.01. The molecule has 0 saturated carbocycles. The number of hydrogen-bond acceptors (Lipinski definition) is 5. The smallest absolute Gasteiger partial charge is 0.123 e. The monoisotopic (exact) mass is 308 g/mol. The maximum Gasteiger partial charge on any atom is 0.123 e. The highest BCUT2D eigenvalue weighted by Crippen LogP contribution is 2.21. The molecule has 1 aliphatic heterocycles. The summed E-state index contributed by atoms with van der Waals surface area (Å²) in [6.07, 6.45) is 1.86. The standard InChI is InChI=1S/C12H20N4O.2ClH/c1-9-5-12(13)15-6-11(9)16-4-3-14-10(7-16)8-17-2;;/h5-6,10,14H,3-4,7-8H2,1-2H3,(H2,13,15);2*1H. The third-order valence-corrected chi connectivity index (χ3v) is 3.07. The quantitative estimate of drug-likeness (QED) is 0.879. The first-order chi connectivity index (χ1) is 8.20. The van der Waals surface area contributed by atoms with E-state index >= 15 is 0 Å². The van der Waals surface area contributed by atoms with Crippen molar-refractivity contribution in [2.45, 2.75) is 13.0 Å². The Kier molecular flexibility index (Phi) is 8.09. The van der Waals surface area contributed by atoms with E-state index in [1.165, 1.54) is 11.3 Å². The molecule has 1 fully saturated rings. The number of halogens is 2. The van der Waals surface area contributed by atoms with Gasteiger partial charge in [-0.25, -0.2) is 4.98 Å². The number of nitrogen functional groups attached to an aromatic ring is 1. The average molecular weight is 309 g/mol. The predicted molar refractivity (Wildman–Crippen MR) is 83.8 cm³/mol. The second-order valence-corrected chi connectivity index (χ2v) is 4.45. The number of nitrogens with zero attached hydrogens (tertiary/aromatic N) is 2. The van der Waals surface area contributed by atoms with Crippen molar-refractivity contribution >= 4 is 36.3 Å². The summed E-state index contributed by atoms with van der Waals surface area (Å²) in [5.74, 6) is 0.579. The SMILES string of the molecule is COCC1CN(c2cnc(N)cc2C)CCN1.Cl.Cl. The zero-order valence-corrected chi connectivity index (χ0v) is 12.9. The number of rotatable bonds is 3. The van der Waals surface area contributed by atoms with E-state index in [0.717, 1.165) is 26.2 Å². The molecule has 1 aliphatic rings. The van der Waals surface area contributed by atoms with Gasteiger partial charge >= 0.3 is 0 Å². The summed E-state index contributed by atoms with van der Waals surface area (Å²) in [4.78, 5) is 6.51. The first-order valence-electron chi connectivity index (χ1n) is 5.90. The van der Waals surface area contributed by atoms with Crippen molar-refractivity contribution in [3.05, 3.63) is 17.8 Å². The van der Waals surface area contributed by atoms with Crippen LogP contribution in [0.4, 0.5) is 11.5 Å². The van der Waals surface area contributed by atoms with Gasteiger partial charge in [-0.3, -0.25) is 0 Å². The second kappa shape index (κ2) is 8.43. The number of pyridine rings is 1. The molecule has 3 N–H and O–H groups in total. The Morgan fingerprint density at radius 1 is 1.53 bits per heavy atom. The van der Waals surface area contributed by atoms with Gasteiger partial charge in [0.25, 0.3) is 0 Å². The molecule has 5 nitrogen and oxygen atoms in total. The van der Waals surface area contributed by atoms with E-state index in [1.54, 1.807) is 7.11 Å². The summed E-state index contributed by atoms with van der Waals surface area (Å²) >= 11 is 0. The predicted octanol–water partition coefficient (Wildman–Crippen LogP) is 1.24. The van der Waals surface area contributed by atoms with Crippen LogP contribution in [0.2, 0.25) is 0 Å². The molecule has 1 saturated heterocycles. The number of nitrogens with one attached hydrogen (secondary N) is 1. The van der Waals surface area contributed by atoms with E-state index in [2.05, 4.69) is 22.1 Å². The van der Waals surface area contributed by atoms with Gasteiger partial charge < -0.3 is 20.7 Å². The van der Waals surface area contributed by atoms with Gasteiger partial charge in [-0.05, 0) is 18.6 Å². The van der Waals surface area contributed by atoms with Crippen LogP contribution >= 0.6 is 24.8 Å². The minimum Gasteiger partial charge on any atom is -0.384 e.